The van der Waals surface area contributed by atoms with Gasteiger partial charge in [0.05, 0.1) is 0 Å². The molecule has 1 heterocycles. The minimum absolute atomic E-state index is 0.216. The van der Waals surface area contributed by atoms with E-state index in [9.17, 15) is 0 Å². The predicted molar refractivity (Wildman–Crippen MR) is 83.0 cm³/mol. The highest BCUT2D eigenvalue weighted by molar-refractivity contribution is 6.31. The molecular weight excluding hydrogens is 274 g/mol. The molecule has 0 radical (unpaired) electrons. The molecule has 0 aliphatic carbocycles. The van der Waals surface area contributed by atoms with Gasteiger partial charge in [-0.15, -0.1) is 0 Å². The van der Waals surface area contributed by atoms with Crippen LogP contribution in [-0.4, -0.2) is 28.0 Å². The van der Waals surface area contributed by atoms with Crippen molar-refractivity contribution in [3.05, 3.63) is 28.8 Å². The Bertz CT molecular complexity index is 611. The largest absolute Gasteiger partial charge is 0.368 e. The van der Waals surface area contributed by atoms with Gasteiger partial charge in [-0.05, 0) is 32.4 Å². The highest BCUT2D eigenvalue weighted by atomic mass is 35.5. The molecule has 0 atom stereocenters. The van der Waals surface area contributed by atoms with Gasteiger partial charge in [-0.3, -0.25) is 0 Å². The number of aromatic nitrogens is 3. The lowest BCUT2D eigenvalue weighted by molar-refractivity contribution is 0.816. The van der Waals surface area contributed by atoms with Crippen LogP contribution in [0.2, 0.25) is 5.02 Å². The van der Waals surface area contributed by atoms with Gasteiger partial charge in [0.1, 0.15) is 0 Å². The number of nitrogen functional groups attached to an aromatic ring is 1. The van der Waals surface area contributed by atoms with Crippen molar-refractivity contribution in [1.29, 1.82) is 0 Å². The van der Waals surface area contributed by atoms with Crippen molar-refractivity contribution in [2.45, 2.75) is 20.8 Å². The van der Waals surface area contributed by atoms with Crippen molar-refractivity contribution in [3.8, 4) is 11.4 Å². The molecule has 0 aliphatic heterocycles. The molecule has 0 bridgehead atoms. The summed E-state index contributed by atoms with van der Waals surface area (Å²) in [7, 11) is 0. The second-order valence-electron chi connectivity index (χ2n) is 4.45. The van der Waals surface area contributed by atoms with Crippen LogP contribution in [0.5, 0.6) is 0 Å². The molecule has 106 valence electrons. The predicted octanol–water partition coefficient (Wildman–Crippen LogP) is 2.93. The first-order chi connectivity index (χ1) is 9.55. The van der Waals surface area contributed by atoms with Crippen LogP contribution >= 0.6 is 11.6 Å². The van der Waals surface area contributed by atoms with Crippen molar-refractivity contribution in [2.24, 2.45) is 0 Å². The number of anilines is 2. The standard InChI is InChI=1S/C14H18ClN5/c1-4-20(5-2)14-18-12(17-13(16)19-14)10-7-6-9(3)11(15)8-10/h6-8H,4-5H2,1-3H3,(H2,16,17,18,19). The number of nitrogens with zero attached hydrogens (tertiary/aromatic N) is 4. The van der Waals surface area contributed by atoms with E-state index in [0.717, 1.165) is 24.2 Å². The average molecular weight is 292 g/mol. The second kappa shape index (κ2) is 6.05. The molecule has 0 spiro atoms. The van der Waals surface area contributed by atoms with E-state index in [4.69, 9.17) is 17.3 Å². The van der Waals surface area contributed by atoms with E-state index < -0.39 is 0 Å². The number of aryl methyl sites for hydroxylation is 1. The summed E-state index contributed by atoms with van der Waals surface area (Å²) in [5.41, 5.74) is 7.64. The highest BCUT2D eigenvalue weighted by Gasteiger charge is 2.11. The first-order valence-corrected chi connectivity index (χ1v) is 6.96. The Morgan fingerprint density at radius 3 is 2.45 bits per heavy atom. The number of hydrogen-bond donors (Lipinski definition) is 1. The average Bonchev–Trinajstić information content (AvgIpc) is 2.42. The van der Waals surface area contributed by atoms with Crippen LogP contribution in [0.3, 0.4) is 0 Å². The molecule has 0 unspecified atom stereocenters. The van der Waals surface area contributed by atoms with Crippen molar-refractivity contribution >= 4 is 23.5 Å². The second-order valence-corrected chi connectivity index (χ2v) is 4.86. The third kappa shape index (κ3) is 2.99. The van der Waals surface area contributed by atoms with E-state index >= 15 is 0 Å². The van der Waals surface area contributed by atoms with Crippen LogP contribution in [0.15, 0.2) is 18.2 Å². The van der Waals surface area contributed by atoms with Gasteiger partial charge >= 0.3 is 0 Å². The van der Waals surface area contributed by atoms with Crippen molar-refractivity contribution < 1.29 is 0 Å². The summed E-state index contributed by atoms with van der Waals surface area (Å²) in [5.74, 6) is 1.35. The van der Waals surface area contributed by atoms with Crippen LogP contribution in [0.4, 0.5) is 11.9 Å². The lowest BCUT2D eigenvalue weighted by Crippen LogP contribution is -2.25. The van der Waals surface area contributed by atoms with Gasteiger partial charge in [-0.1, -0.05) is 23.7 Å². The van der Waals surface area contributed by atoms with Crippen LogP contribution in [0, 0.1) is 6.92 Å². The number of benzene rings is 1. The number of hydrogen-bond acceptors (Lipinski definition) is 5. The van der Waals surface area contributed by atoms with Crippen molar-refractivity contribution in [3.63, 3.8) is 0 Å². The van der Waals surface area contributed by atoms with Gasteiger partial charge in [-0.25, -0.2) is 0 Å². The van der Waals surface area contributed by atoms with Crippen LogP contribution in [0.25, 0.3) is 11.4 Å². The third-order valence-electron chi connectivity index (χ3n) is 3.12. The Morgan fingerprint density at radius 1 is 1.15 bits per heavy atom. The minimum Gasteiger partial charge on any atom is -0.368 e. The minimum atomic E-state index is 0.216. The van der Waals surface area contributed by atoms with Crippen LogP contribution in [0.1, 0.15) is 19.4 Å². The molecule has 1 aromatic carbocycles. The molecular formula is C14H18ClN5. The van der Waals surface area contributed by atoms with E-state index in [2.05, 4.69) is 15.0 Å². The molecule has 6 heteroatoms. The Hall–Kier alpha value is -1.88. The van der Waals surface area contributed by atoms with Gasteiger partial charge in [0.2, 0.25) is 11.9 Å². The summed E-state index contributed by atoms with van der Waals surface area (Å²) in [5, 5.41) is 0.686. The van der Waals surface area contributed by atoms with Crippen LogP contribution < -0.4 is 10.6 Å². The lowest BCUT2D eigenvalue weighted by atomic mass is 10.1. The highest BCUT2D eigenvalue weighted by Crippen LogP contribution is 2.24. The summed E-state index contributed by atoms with van der Waals surface area (Å²) < 4.78 is 0. The maximum Gasteiger partial charge on any atom is 0.230 e. The summed E-state index contributed by atoms with van der Waals surface area (Å²) in [6.45, 7) is 7.68. The zero-order valence-electron chi connectivity index (χ0n) is 11.9. The molecule has 1 aromatic heterocycles. The van der Waals surface area contributed by atoms with Gasteiger partial charge in [0.15, 0.2) is 5.82 Å². The van der Waals surface area contributed by atoms with E-state index in [1.54, 1.807) is 0 Å². The van der Waals surface area contributed by atoms with E-state index in [-0.39, 0.29) is 5.95 Å². The Balaban J connectivity index is 2.48. The molecule has 0 amide bonds. The zero-order valence-corrected chi connectivity index (χ0v) is 12.6. The molecule has 5 nitrogen and oxygen atoms in total. The van der Waals surface area contributed by atoms with Crippen LogP contribution in [-0.2, 0) is 0 Å². The summed E-state index contributed by atoms with van der Waals surface area (Å²) in [4.78, 5) is 14.9. The van der Waals surface area contributed by atoms with Gasteiger partial charge in [0.25, 0.3) is 0 Å². The fourth-order valence-corrected chi connectivity index (χ4v) is 2.07. The third-order valence-corrected chi connectivity index (χ3v) is 3.52. The maximum atomic E-state index is 6.15. The Kier molecular flexibility index (Phi) is 4.39. The molecule has 2 rings (SSSR count). The number of rotatable bonds is 4. The SMILES string of the molecule is CCN(CC)c1nc(N)nc(-c2ccc(C)c(Cl)c2)n1. The smallest absolute Gasteiger partial charge is 0.230 e. The summed E-state index contributed by atoms with van der Waals surface area (Å²) in [6.07, 6.45) is 0. The van der Waals surface area contributed by atoms with Crippen molar-refractivity contribution in [1.82, 2.24) is 15.0 Å². The quantitative estimate of drug-likeness (QED) is 0.938. The van der Waals surface area contributed by atoms with E-state index in [0.29, 0.717) is 16.8 Å². The number of halogens is 1. The topological polar surface area (TPSA) is 67.9 Å². The molecule has 2 aromatic rings. The molecule has 0 saturated carbocycles. The first kappa shape index (κ1) is 14.5. The molecule has 2 N–H and O–H groups in total. The normalized spacial score (nSPS) is 10.6. The van der Waals surface area contributed by atoms with Gasteiger partial charge in [-0.2, -0.15) is 15.0 Å². The summed E-state index contributed by atoms with van der Waals surface area (Å²) >= 11 is 6.15. The van der Waals surface area contributed by atoms with E-state index in [1.165, 1.54) is 0 Å². The molecule has 20 heavy (non-hydrogen) atoms. The summed E-state index contributed by atoms with van der Waals surface area (Å²) in [6, 6.07) is 5.72. The molecule has 0 fully saturated rings. The van der Waals surface area contributed by atoms with Crippen molar-refractivity contribution in [2.75, 3.05) is 23.7 Å². The number of nitrogens with two attached hydrogens (primary N) is 1. The first-order valence-electron chi connectivity index (χ1n) is 6.58. The molecule has 0 aliphatic rings. The van der Waals surface area contributed by atoms with E-state index in [1.807, 2.05) is 43.9 Å². The Labute approximate surface area is 123 Å². The monoisotopic (exact) mass is 291 g/mol. The zero-order chi connectivity index (χ0) is 14.7. The fraction of sp³-hybridized carbons (Fsp3) is 0.357. The molecule has 0 saturated heterocycles. The Morgan fingerprint density at radius 2 is 1.85 bits per heavy atom. The lowest BCUT2D eigenvalue weighted by Gasteiger charge is -2.18. The maximum absolute atomic E-state index is 6.15. The van der Waals surface area contributed by atoms with Gasteiger partial charge < -0.3 is 10.6 Å². The van der Waals surface area contributed by atoms with Gasteiger partial charge in [0, 0.05) is 23.7 Å². The fourth-order valence-electron chi connectivity index (χ4n) is 1.89.